The Bertz CT molecular complexity index is 1580. The van der Waals surface area contributed by atoms with Gasteiger partial charge in [-0.15, -0.1) is 0 Å². The zero-order valence-corrected chi connectivity index (χ0v) is 26.1. The number of benzene rings is 1. The van der Waals surface area contributed by atoms with Gasteiger partial charge >= 0.3 is 29.8 Å². The first-order chi connectivity index (χ1) is 21.9. The van der Waals surface area contributed by atoms with E-state index in [1.165, 1.54) is 13.8 Å². The third-order valence-corrected chi connectivity index (χ3v) is 7.27. The number of aromatic carboxylic acids is 1. The van der Waals surface area contributed by atoms with E-state index in [2.05, 4.69) is 0 Å². The molecule has 2 aliphatic carbocycles. The van der Waals surface area contributed by atoms with Gasteiger partial charge in [0.25, 0.3) is 0 Å². The lowest BCUT2D eigenvalue weighted by Gasteiger charge is -2.44. The Hall–Kier alpha value is -4.97. The molecule has 0 bridgehead atoms. The molecule has 5 atom stereocenters. The van der Waals surface area contributed by atoms with Crippen LogP contribution in [0.2, 0.25) is 0 Å². The smallest absolute Gasteiger partial charge is 0.336 e. The molecule has 0 aromatic heterocycles. The van der Waals surface area contributed by atoms with E-state index in [0.717, 1.165) is 19.4 Å². The fourth-order valence-corrected chi connectivity index (χ4v) is 5.66. The molecule has 1 aliphatic heterocycles. The molecule has 244 valence electrons. The molecule has 0 radical (unpaired) electrons. The van der Waals surface area contributed by atoms with E-state index in [4.69, 9.17) is 28.4 Å². The molecule has 0 amide bonds. The predicted molar refractivity (Wildman–Crippen MR) is 161 cm³/mol. The number of ether oxygens (including phenoxy) is 6. The fraction of sp³-hybridized carbons (Fsp3) is 0.382. The first-order valence-corrected chi connectivity index (χ1v) is 14.7. The summed E-state index contributed by atoms with van der Waals surface area (Å²) in [5.74, 6) is -3.56. The van der Waals surface area contributed by atoms with Crippen LogP contribution in [0.5, 0.6) is 5.75 Å². The molecule has 0 saturated carbocycles. The van der Waals surface area contributed by atoms with Crippen molar-refractivity contribution in [2.75, 3.05) is 13.2 Å². The van der Waals surface area contributed by atoms with Crippen molar-refractivity contribution in [3.8, 4) is 16.9 Å². The second kappa shape index (κ2) is 14.9. The minimum atomic E-state index is -1.36. The zero-order valence-electron chi connectivity index (χ0n) is 26.1. The quantitative estimate of drug-likeness (QED) is 0.235. The summed E-state index contributed by atoms with van der Waals surface area (Å²) in [6.07, 6.45) is -6.10. The van der Waals surface area contributed by atoms with Crippen LogP contribution >= 0.6 is 0 Å². The molecule has 1 aromatic rings. The number of carboxylic acid groups (broad SMARTS) is 1. The van der Waals surface area contributed by atoms with E-state index in [-0.39, 0.29) is 25.2 Å². The van der Waals surface area contributed by atoms with Crippen LogP contribution in [-0.2, 0) is 49.3 Å². The summed E-state index contributed by atoms with van der Waals surface area (Å²) in [7, 11) is 0. The molecule has 1 N–H and O–H groups in total. The molecular weight excluding hydrogens is 600 g/mol. The molecule has 1 heterocycles. The lowest BCUT2D eigenvalue weighted by atomic mass is 9.88. The van der Waals surface area contributed by atoms with Crippen LogP contribution in [-0.4, -0.2) is 72.6 Å². The molecular formula is C34H36O12. The first kappa shape index (κ1) is 33.9. The predicted octanol–water partition coefficient (Wildman–Crippen LogP) is 4.28. The summed E-state index contributed by atoms with van der Waals surface area (Å²) in [6.45, 7) is 6.32. The summed E-state index contributed by atoms with van der Waals surface area (Å²) >= 11 is 0. The molecule has 0 spiro atoms. The summed E-state index contributed by atoms with van der Waals surface area (Å²) < 4.78 is 34.3. The van der Waals surface area contributed by atoms with Crippen molar-refractivity contribution in [1.82, 2.24) is 0 Å². The van der Waals surface area contributed by atoms with E-state index in [0.29, 0.717) is 28.0 Å². The van der Waals surface area contributed by atoms with Crippen molar-refractivity contribution in [3.63, 3.8) is 0 Å². The van der Waals surface area contributed by atoms with Gasteiger partial charge in [0.15, 0.2) is 18.3 Å². The van der Waals surface area contributed by atoms with E-state index in [1.54, 1.807) is 37.3 Å². The van der Waals surface area contributed by atoms with Gasteiger partial charge in [-0.2, -0.15) is 0 Å². The summed E-state index contributed by atoms with van der Waals surface area (Å²) in [4.78, 5) is 60.9. The molecule has 1 aromatic carbocycles. The zero-order chi connectivity index (χ0) is 33.5. The maximum Gasteiger partial charge on any atom is 0.336 e. The second-order valence-electron chi connectivity index (χ2n) is 10.7. The largest absolute Gasteiger partial charge is 0.493 e. The lowest BCUT2D eigenvalue weighted by Crippen LogP contribution is -2.59. The number of esters is 4. The minimum absolute atomic E-state index is 0.175. The van der Waals surface area contributed by atoms with Gasteiger partial charge in [0.1, 0.15) is 24.6 Å². The second-order valence-corrected chi connectivity index (χ2v) is 10.7. The van der Waals surface area contributed by atoms with Crippen LogP contribution in [0.1, 0.15) is 67.8 Å². The summed E-state index contributed by atoms with van der Waals surface area (Å²) in [6, 6.07) is 16.0. The number of rotatable bonds is 11. The highest BCUT2D eigenvalue weighted by atomic mass is 16.7. The van der Waals surface area contributed by atoms with Crippen molar-refractivity contribution in [3.05, 3.63) is 76.9 Å². The topological polar surface area (TPSA) is 161 Å². The number of carbonyl (C=O) groups excluding carboxylic acids is 4. The third kappa shape index (κ3) is 7.99. The van der Waals surface area contributed by atoms with E-state index in [1.807, 2.05) is 24.3 Å². The van der Waals surface area contributed by atoms with Crippen LogP contribution in [0.3, 0.4) is 0 Å². The number of hydrogen-bond acceptors (Lipinski definition) is 11. The first-order valence-electron chi connectivity index (χ1n) is 14.7. The van der Waals surface area contributed by atoms with Crippen LogP contribution in [0.4, 0.5) is 0 Å². The van der Waals surface area contributed by atoms with Gasteiger partial charge in [-0.1, -0.05) is 36.4 Å². The minimum Gasteiger partial charge on any atom is -0.493 e. The molecule has 3 aliphatic rings. The van der Waals surface area contributed by atoms with Crippen LogP contribution in [0.15, 0.2) is 54.6 Å². The molecule has 1 saturated heterocycles. The highest BCUT2D eigenvalue weighted by Crippen LogP contribution is 2.42. The Labute approximate surface area is 265 Å². The highest BCUT2D eigenvalue weighted by Gasteiger charge is 2.53. The maximum absolute atomic E-state index is 12.4. The number of carboxylic acids is 1. The normalized spacial score (nSPS) is 20.8. The Morgan fingerprint density at radius 2 is 1.43 bits per heavy atom. The number of carbonyl (C=O) groups is 5. The van der Waals surface area contributed by atoms with E-state index in [9.17, 15) is 29.1 Å². The van der Waals surface area contributed by atoms with Crippen molar-refractivity contribution < 1.29 is 57.5 Å². The molecule has 12 nitrogen and oxygen atoms in total. The van der Waals surface area contributed by atoms with E-state index >= 15 is 0 Å². The highest BCUT2D eigenvalue weighted by molar-refractivity contribution is 5.99. The standard InChI is InChI=1S/C34H36O12/c1-6-41-27-13-12-22(14-24-16-23-10-8-7-9-11-25(23)29(24)34(39)40)15-26(27)30-32(44-20(4)37)33(45-21(5)38)31(43-19(3)36)28(46-30)17-42-18(2)35/h7-13,15-16,28,30-33H,6,14,17H2,1-5H3,(H,39,40)/t28-,30+,31+,32-,33+/m1/s1. The van der Waals surface area contributed by atoms with Gasteiger partial charge in [0.05, 0.1) is 12.2 Å². The summed E-state index contributed by atoms with van der Waals surface area (Å²) in [5, 5.41) is 10.1. The summed E-state index contributed by atoms with van der Waals surface area (Å²) in [5.41, 5.74) is 3.17. The van der Waals surface area contributed by atoms with E-state index < -0.39 is 60.4 Å². The van der Waals surface area contributed by atoms with Gasteiger partial charge in [0.2, 0.25) is 0 Å². The molecule has 12 heteroatoms. The van der Waals surface area contributed by atoms with Crippen molar-refractivity contribution >= 4 is 29.8 Å². The Kier molecular flexibility index (Phi) is 11.0. The van der Waals surface area contributed by atoms with Crippen LogP contribution < -0.4 is 4.74 Å². The van der Waals surface area contributed by atoms with Crippen LogP contribution in [0.25, 0.3) is 11.1 Å². The van der Waals surface area contributed by atoms with Gasteiger partial charge in [-0.25, -0.2) is 4.79 Å². The molecule has 46 heavy (non-hydrogen) atoms. The van der Waals surface area contributed by atoms with Crippen LogP contribution in [0, 0.1) is 0 Å². The average molecular weight is 637 g/mol. The number of fused-ring (bicyclic) bond motifs is 1. The lowest BCUT2D eigenvalue weighted by molar-refractivity contribution is -0.254. The Morgan fingerprint density at radius 3 is 2.07 bits per heavy atom. The Balaban J connectivity index is 1.86. The SMILES string of the molecule is CCOc1ccc(Cc2cc3cccccc-3c2C(=O)O)cc1[C@@H]1O[C@H](COC(C)=O)[C@H](OC(C)=O)[C@H](OC(C)=O)[C@@H]1OC(C)=O. The number of hydrogen-bond donors (Lipinski definition) is 1. The molecule has 4 rings (SSSR count). The average Bonchev–Trinajstić information content (AvgIpc) is 3.14. The Morgan fingerprint density at radius 1 is 0.783 bits per heavy atom. The molecule has 0 unspecified atom stereocenters. The van der Waals surface area contributed by atoms with Crippen molar-refractivity contribution in [2.45, 2.75) is 71.6 Å². The third-order valence-electron chi connectivity index (χ3n) is 7.27. The van der Waals surface area contributed by atoms with Crippen molar-refractivity contribution in [2.24, 2.45) is 0 Å². The van der Waals surface area contributed by atoms with Gasteiger partial charge in [-0.3, -0.25) is 19.2 Å². The maximum atomic E-state index is 12.4. The monoisotopic (exact) mass is 636 g/mol. The van der Waals surface area contributed by atoms with Gasteiger partial charge in [-0.05, 0) is 53.8 Å². The van der Waals surface area contributed by atoms with Crippen molar-refractivity contribution in [1.29, 1.82) is 0 Å². The van der Waals surface area contributed by atoms with Gasteiger partial charge in [0, 0.05) is 33.3 Å². The van der Waals surface area contributed by atoms with Gasteiger partial charge < -0.3 is 33.5 Å². The fourth-order valence-electron chi connectivity index (χ4n) is 5.66. The molecule has 1 fully saturated rings.